The molecule has 1 unspecified atom stereocenters. The van der Waals surface area contributed by atoms with E-state index in [0.29, 0.717) is 0 Å². The Morgan fingerprint density at radius 3 is 2.54 bits per heavy atom. The van der Waals surface area contributed by atoms with E-state index in [1.54, 1.807) is 0 Å². The molecule has 0 saturated carbocycles. The van der Waals surface area contributed by atoms with Gasteiger partial charge in [0, 0.05) is 26.2 Å². The molecule has 0 aromatic rings. The molecule has 0 bridgehead atoms. The van der Waals surface area contributed by atoms with Gasteiger partial charge in [0.2, 0.25) is 0 Å². The van der Waals surface area contributed by atoms with Gasteiger partial charge in [-0.05, 0) is 18.9 Å². The summed E-state index contributed by atoms with van der Waals surface area (Å²) in [6.45, 7) is 10.8. The number of rotatable bonds is 5. The molecule has 2 heteroatoms. The normalized spacial score (nSPS) is 21.7. The molecule has 1 fully saturated rings. The van der Waals surface area contributed by atoms with E-state index in [2.05, 4.69) is 24.1 Å². The van der Waals surface area contributed by atoms with Crippen LogP contribution in [0, 0.1) is 5.92 Å². The third-order valence-electron chi connectivity index (χ3n) is 2.93. The fourth-order valence-corrected chi connectivity index (χ4v) is 1.97. The van der Waals surface area contributed by atoms with E-state index in [1.807, 2.05) is 0 Å². The van der Waals surface area contributed by atoms with Crippen LogP contribution in [-0.2, 0) is 0 Å². The van der Waals surface area contributed by atoms with Gasteiger partial charge in [-0.2, -0.15) is 0 Å². The van der Waals surface area contributed by atoms with E-state index in [9.17, 15) is 0 Å². The summed E-state index contributed by atoms with van der Waals surface area (Å²) in [6.07, 6.45) is 4.11. The Balaban J connectivity index is 2.03. The first-order chi connectivity index (χ1) is 6.33. The van der Waals surface area contributed by atoms with Crippen molar-refractivity contribution in [3.05, 3.63) is 0 Å². The molecule has 0 spiro atoms. The lowest BCUT2D eigenvalue weighted by molar-refractivity contribution is 0.224. The molecular formula is C11H24N2. The quantitative estimate of drug-likeness (QED) is 0.700. The molecule has 1 saturated heterocycles. The van der Waals surface area contributed by atoms with Gasteiger partial charge in [0.15, 0.2) is 0 Å². The van der Waals surface area contributed by atoms with E-state index in [1.165, 1.54) is 52.0 Å². The van der Waals surface area contributed by atoms with Crippen molar-refractivity contribution >= 4 is 0 Å². The van der Waals surface area contributed by atoms with Gasteiger partial charge in [-0.1, -0.05) is 26.7 Å². The molecule has 13 heavy (non-hydrogen) atoms. The van der Waals surface area contributed by atoms with Crippen molar-refractivity contribution in [1.82, 2.24) is 10.2 Å². The first-order valence-corrected chi connectivity index (χ1v) is 5.76. The lowest BCUT2D eigenvalue weighted by atomic mass is 10.0. The van der Waals surface area contributed by atoms with Crippen LogP contribution >= 0.6 is 0 Å². The highest BCUT2D eigenvalue weighted by atomic mass is 15.2. The van der Waals surface area contributed by atoms with E-state index in [0.717, 1.165) is 5.92 Å². The molecular weight excluding hydrogens is 160 g/mol. The van der Waals surface area contributed by atoms with Crippen molar-refractivity contribution in [1.29, 1.82) is 0 Å². The zero-order valence-electron chi connectivity index (χ0n) is 9.18. The van der Waals surface area contributed by atoms with Gasteiger partial charge in [0.05, 0.1) is 0 Å². The molecule has 1 rings (SSSR count). The highest BCUT2D eigenvalue weighted by molar-refractivity contribution is 4.68. The lowest BCUT2D eigenvalue weighted by Gasteiger charge is -2.28. The van der Waals surface area contributed by atoms with Crippen LogP contribution in [0.25, 0.3) is 0 Å². The summed E-state index contributed by atoms with van der Waals surface area (Å²) in [6, 6.07) is 0. The Hall–Kier alpha value is -0.0800. The van der Waals surface area contributed by atoms with Crippen LogP contribution in [0.3, 0.4) is 0 Å². The van der Waals surface area contributed by atoms with Gasteiger partial charge in [0.25, 0.3) is 0 Å². The van der Waals surface area contributed by atoms with Crippen LogP contribution in [0.1, 0.15) is 33.1 Å². The van der Waals surface area contributed by atoms with Gasteiger partial charge in [-0.15, -0.1) is 0 Å². The maximum Gasteiger partial charge on any atom is 0.0107 e. The lowest BCUT2D eigenvalue weighted by Crippen LogP contribution is -2.44. The first kappa shape index (κ1) is 11.0. The summed E-state index contributed by atoms with van der Waals surface area (Å²) in [5.74, 6) is 0.917. The zero-order valence-corrected chi connectivity index (χ0v) is 9.18. The minimum Gasteiger partial charge on any atom is -0.314 e. The van der Waals surface area contributed by atoms with Crippen molar-refractivity contribution in [3.8, 4) is 0 Å². The Bertz CT molecular complexity index is 119. The average Bonchev–Trinajstić information content (AvgIpc) is 2.17. The molecule has 1 atom stereocenters. The Kier molecular flexibility index (Phi) is 5.40. The zero-order chi connectivity index (χ0) is 9.52. The summed E-state index contributed by atoms with van der Waals surface area (Å²) in [5.41, 5.74) is 0. The van der Waals surface area contributed by atoms with Gasteiger partial charge in [-0.3, -0.25) is 0 Å². The Labute approximate surface area is 82.7 Å². The van der Waals surface area contributed by atoms with Crippen LogP contribution in [-0.4, -0.2) is 37.6 Å². The average molecular weight is 184 g/mol. The molecule has 0 aromatic heterocycles. The number of nitrogens with one attached hydrogen (secondary N) is 1. The van der Waals surface area contributed by atoms with Crippen LogP contribution in [0.5, 0.6) is 0 Å². The van der Waals surface area contributed by atoms with E-state index in [4.69, 9.17) is 0 Å². The second-order valence-corrected chi connectivity index (χ2v) is 4.27. The summed E-state index contributed by atoms with van der Waals surface area (Å²) >= 11 is 0. The third kappa shape index (κ3) is 4.63. The van der Waals surface area contributed by atoms with Crippen molar-refractivity contribution in [2.75, 3.05) is 32.7 Å². The molecule has 0 amide bonds. The van der Waals surface area contributed by atoms with E-state index in [-0.39, 0.29) is 0 Å². The van der Waals surface area contributed by atoms with E-state index >= 15 is 0 Å². The largest absolute Gasteiger partial charge is 0.314 e. The van der Waals surface area contributed by atoms with Crippen molar-refractivity contribution in [3.63, 3.8) is 0 Å². The predicted molar refractivity (Wildman–Crippen MR) is 58.0 cm³/mol. The third-order valence-corrected chi connectivity index (χ3v) is 2.93. The van der Waals surface area contributed by atoms with Crippen LogP contribution in [0.4, 0.5) is 0 Å². The second kappa shape index (κ2) is 6.39. The molecule has 0 radical (unpaired) electrons. The van der Waals surface area contributed by atoms with Gasteiger partial charge in [-0.25, -0.2) is 0 Å². The molecule has 1 aliphatic rings. The van der Waals surface area contributed by atoms with E-state index < -0.39 is 0 Å². The highest BCUT2D eigenvalue weighted by Gasteiger charge is 2.10. The highest BCUT2D eigenvalue weighted by Crippen LogP contribution is 2.10. The van der Waals surface area contributed by atoms with Crippen molar-refractivity contribution in [2.24, 2.45) is 5.92 Å². The van der Waals surface area contributed by atoms with Crippen LogP contribution in [0.2, 0.25) is 0 Å². The standard InChI is InChI=1S/C11H24N2/c1-3-4-11(2)5-8-13-9-6-12-7-10-13/h11-12H,3-10H2,1-2H3. The topological polar surface area (TPSA) is 15.3 Å². The number of hydrogen-bond acceptors (Lipinski definition) is 2. The minimum atomic E-state index is 0.917. The minimum absolute atomic E-state index is 0.917. The fraction of sp³-hybridized carbons (Fsp3) is 1.00. The van der Waals surface area contributed by atoms with Gasteiger partial charge >= 0.3 is 0 Å². The smallest absolute Gasteiger partial charge is 0.0107 e. The van der Waals surface area contributed by atoms with Crippen molar-refractivity contribution < 1.29 is 0 Å². The Morgan fingerprint density at radius 2 is 1.92 bits per heavy atom. The molecule has 0 aliphatic carbocycles. The van der Waals surface area contributed by atoms with Gasteiger partial charge < -0.3 is 10.2 Å². The monoisotopic (exact) mass is 184 g/mol. The summed E-state index contributed by atoms with van der Waals surface area (Å²) < 4.78 is 0. The van der Waals surface area contributed by atoms with Crippen molar-refractivity contribution in [2.45, 2.75) is 33.1 Å². The Morgan fingerprint density at radius 1 is 1.23 bits per heavy atom. The van der Waals surface area contributed by atoms with Crippen LogP contribution < -0.4 is 5.32 Å². The SMILES string of the molecule is CCCC(C)CCN1CCNCC1. The number of nitrogens with zero attached hydrogens (tertiary/aromatic N) is 1. The number of piperazine rings is 1. The maximum absolute atomic E-state index is 3.39. The summed E-state index contributed by atoms with van der Waals surface area (Å²) in [4.78, 5) is 2.59. The number of hydrogen-bond donors (Lipinski definition) is 1. The first-order valence-electron chi connectivity index (χ1n) is 5.76. The molecule has 78 valence electrons. The molecule has 1 heterocycles. The fourth-order valence-electron chi connectivity index (χ4n) is 1.97. The maximum atomic E-state index is 3.39. The summed E-state index contributed by atoms with van der Waals surface area (Å²) in [7, 11) is 0. The molecule has 0 aromatic carbocycles. The molecule has 2 nitrogen and oxygen atoms in total. The molecule has 1 aliphatic heterocycles. The molecule has 1 N–H and O–H groups in total. The van der Waals surface area contributed by atoms with Crippen LogP contribution in [0.15, 0.2) is 0 Å². The summed E-state index contributed by atoms with van der Waals surface area (Å²) in [5, 5.41) is 3.39. The van der Waals surface area contributed by atoms with Gasteiger partial charge in [0.1, 0.15) is 0 Å². The second-order valence-electron chi connectivity index (χ2n) is 4.27. The predicted octanol–water partition coefficient (Wildman–Crippen LogP) is 1.72.